The summed E-state index contributed by atoms with van der Waals surface area (Å²) in [6.07, 6.45) is 2.68. The van der Waals surface area contributed by atoms with Crippen LogP contribution in [0.2, 0.25) is 0 Å². The lowest BCUT2D eigenvalue weighted by atomic mass is 10.2. The molecule has 0 aliphatic rings. The van der Waals surface area contributed by atoms with E-state index in [0.717, 1.165) is 36.5 Å². The zero-order valence-corrected chi connectivity index (χ0v) is 11.7. The van der Waals surface area contributed by atoms with Crippen LogP contribution in [0.15, 0.2) is 24.3 Å². The molecular weight excluding hydrogens is 246 g/mol. The molecule has 18 heavy (non-hydrogen) atoms. The first-order valence-corrected chi connectivity index (χ1v) is 7.82. The minimum atomic E-state index is -0.691. The lowest BCUT2D eigenvalue weighted by Crippen LogP contribution is -2.17. The van der Waals surface area contributed by atoms with Crippen molar-refractivity contribution in [1.29, 1.82) is 0 Å². The highest BCUT2D eigenvalue weighted by molar-refractivity contribution is 7.84. The van der Waals surface area contributed by atoms with Crippen molar-refractivity contribution in [2.24, 2.45) is 7.05 Å². The van der Waals surface area contributed by atoms with E-state index in [-0.39, 0.29) is 0 Å². The van der Waals surface area contributed by atoms with Gasteiger partial charge >= 0.3 is 0 Å². The van der Waals surface area contributed by atoms with Crippen LogP contribution >= 0.6 is 0 Å². The van der Waals surface area contributed by atoms with Gasteiger partial charge in [0.2, 0.25) is 0 Å². The van der Waals surface area contributed by atoms with Crippen LogP contribution in [-0.2, 0) is 24.4 Å². The highest BCUT2D eigenvalue weighted by Crippen LogP contribution is 2.16. The van der Waals surface area contributed by atoms with Crippen LogP contribution in [0, 0.1) is 0 Å². The highest BCUT2D eigenvalue weighted by atomic mass is 32.2. The van der Waals surface area contributed by atoms with Crippen LogP contribution in [0.5, 0.6) is 0 Å². The van der Waals surface area contributed by atoms with Crippen molar-refractivity contribution in [2.75, 3.05) is 18.6 Å². The predicted molar refractivity (Wildman–Crippen MR) is 76.0 cm³/mol. The quantitative estimate of drug-likeness (QED) is 0.804. The average Bonchev–Trinajstić information content (AvgIpc) is 2.66. The van der Waals surface area contributed by atoms with E-state index in [2.05, 4.69) is 22.5 Å². The molecule has 0 fully saturated rings. The Morgan fingerprint density at radius 1 is 1.39 bits per heavy atom. The molecule has 1 aromatic heterocycles. The van der Waals surface area contributed by atoms with Crippen molar-refractivity contribution in [3.05, 3.63) is 30.0 Å². The molecule has 2 rings (SSSR count). The zero-order valence-electron chi connectivity index (χ0n) is 10.8. The second-order valence-electron chi connectivity index (χ2n) is 4.40. The highest BCUT2D eigenvalue weighted by Gasteiger charge is 2.06. The van der Waals surface area contributed by atoms with Gasteiger partial charge in [0.1, 0.15) is 0 Å². The Balaban J connectivity index is 1.94. The summed E-state index contributed by atoms with van der Waals surface area (Å²) in [4.78, 5) is 0. The summed E-state index contributed by atoms with van der Waals surface area (Å²) in [6, 6.07) is 8.23. The van der Waals surface area contributed by atoms with Gasteiger partial charge in [-0.05, 0) is 19.0 Å². The van der Waals surface area contributed by atoms with Gasteiger partial charge in [-0.15, -0.1) is 0 Å². The molecule has 0 aliphatic heterocycles. The minimum absolute atomic E-state index is 0.691. The zero-order chi connectivity index (χ0) is 13.0. The van der Waals surface area contributed by atoms with E-state index in [0.29, 0.717) is 0 Å². The second kappa shape index (κ2) is 6.11. The number of aryl methyl sites for hydroxylation is 1. The third kappa shape index (κ3) is 3.17. The Labute approximate surface area is 110 Å². The third-order valence-electron chi connectivity index (χ3n) is 2.91. The van der Waals surface area contributed by atoms with Crippen LogP contribution in [-0.4, -0.2) is 32.5 Å². The molecule has 1 aromatic carbocycles. The maximum absolute atomic E-state index is 10.9. The van der Waals surface area contributed by atoms with Crippen LogP contribution in [0.4, 0.5) is 0 Å². The Hall–Kier alpha value is -1.20. The Morgan fingerprint density at radius 2 is 2.17 bits per heavy atom. The van der Waals surface area contributed by atoms with Gasteiger partial charge in [-0.2, -0.15) is 5.10 Å². The maximum atomic E-state index is 10.9. The number of aromatic nitrogens is 2. The molecule has 1 unspecified atom stereocenters. The Kier molecular flexibility index (Phi) is 4.49. The summed E-state index contributed by atoms with van der Waals surface area (Å²) >= 11 is 0. The summed E-state index contributed by atoms with van der Waals surface area (Å²) in [5.41, 5.74) is 2.23. The van der Waals surface area contributed by atoms with E-state index < -0.39 is 10.8 Å². The van der Waals surface area contributed by atoms with E-state index >= 15 is 0 Å². The number of hydrogen-bond donors (Lipinski definition) is 1. The molecule has 0 radical (unpaired) electrons. The first kappa shape index (κ1) is 13.2. The van der Waals surface area contributed by atoms with E-state index in [1.165, 1.54) is 5.39 Å². The molecule has 5 heteroatoms. The van der Waals surface area contributed by atoms with Crippen LogP contribution < -0.4 is 5.32 Å². The van der Waals surface area contributed by atoms with Crippen LogP contribution in [0.3, 0.4) is 0 Å². The molecule has 0 amide bonds. The van der Waals surface area contributed by atoms with Crippen LogP contribution in [0.25, 0.3) is 10.9 Å². The molecule has 4 nitrogen and oxygen atoms in total. The molecule has 0 bridgehead atoms. The summed E-state index contributed by atoms with van der Waals surface area (Å²) < 4.78 is 12.8. The van der Waals surface area contributed by atoms with Gasteiger partial charge in [-0.3, -0.25) is 8.89 Å². The van der Waals surface area contributed by atoms with E-state index in [1.807, 2.05) is 23.9 Å². The van der Waals surface area contributed by atoms with Gasteiger partial charge in [-0.25, -0.2) is 0 Å². The average molecular weight is 265 g/mol. The van der Waals surface area contributed by atoms with E-state index in [9.17, 15) is 4.21 Å². The van der Waals surface area contributed by atoms with Crippen molar-refractivity contribution in [2.45, 2.75) is 13.0 Å². The van der Waals surface area contributed by atoms with Crippen molar-refractivity contribution in [3.63, 3.8) is 0 Å². The fourth-order valence-corrected chi connectivity index (χ4v) is 2.58. The molecule has 0 aliphatic carbocycles. The molecule has 98 valence electrons. The first-order valence-electron chi connectivity index (χ1n) is 6.10. The molecule has 1 heterocycles. The summed E-state index contributed by atoms with van der Waals surface area (Å²) in [5.74, 6) is 0.760. The molecule has 1 atom stereocenters. The van der Waals surface area contributed by atoms with Crippen molar-refractivity contribution in [1.82, 2.24) is 15.1 Å². The Bertz CT molecular complexity index is 550. The number of hydrogen-bond acceptors (Lipinski definition) is 3. The first-order chi connectivity index (χ1) is 8.68. The van der Waals surface area contributed by atoms with Crippen molar-refractivity contribution >= 4 is 21.7 Å². The minimum Gasteiger partial charge on any atom is -0.311 e. The number of nitrogens with one attached hydrogen (secondary N) is 1. The van der Waals surface area contributed by atoms with Gasteiger partial charge < -0.3 is 5.32 Å². The van der Waals surface area contributed by atoms with Gasteiger partial charge in [0.15, 0.2) is 0 Å². The smallest absolute Gasteiger partial charge is 0.0841 e. The van der Waals surface area contributed by atoms with E-state index in [1.54, 1.807) is 6.26 Å². The number of nitrogens with zero attached hydrogens (tertiary/aromatic N) is 2. The summed E-state index contributed by atoms with van der Waals surface area (Å²) in [6.45, 7) is 1.64. The molecule has 2 aromatic rings. The second-order valence-corrected chi connectivity index (χ2v) is 5.95. The molecule has 1 N–H and O–H groups in total. The summed E-state index contributed by atoms with van der Waals surface area (Å²) in [5, 5.41) is 9.07. The normalized spacial score (nSPS) is 13.0. The maximum Gasteiger partial charge on any atom is 0.0841 e. The summed E-state index contributed by atoms with van der Waals surface area (Å²) in [7, 11) is 1.27. The standard InChI is InChI=1S/C13H19N3OS/c1-16-13-7-4-3-6-11(13)12(15-16)10-14-8-5-9-18(2)17/h3-4,6-7,14H,5,8-10H2,1-2H3. The number of fused-ring (bicyclic) bond motifs is 1. The number of rotatable bonds is 6. The third-order valence-corrected chi connectivity index (χ3v) is 3.78. The molecule has 0 saturated heterocycles. The fraction of sp³-hybridized carbons (Fsp3) is 0.462. The topological polar surface area (TPSA) is 46.9 Å². The van der Waals surface area contributed by atoms with Gasteiger partial charge in [0.25, 0.3) is 0 Å². The monoisotopic (exact) mass is 265 g/mol. The fourth-order valence-electron chi connectivity index (χ4n) is 2.03. The number of para-hydroxylation sites is 1. The largest absolute Gasteiger partial charge is 0.311 e. The lowest BCUT2D eigenvalue weighted by Gasteiger charge is -2.01. The van der Waals surface area contributed by atoms with Gasteiger partial charge in [0.05, 0.1) is 11.2 Å². The SMILES string of the molecule is Cn1nc(CNCCCS(C)=O)c2ccccc21. The van der Waals surface area contributed by atoms with Crippen LogP contribution in [0.1, 0.15) is 12.1 Å². The predicted octanol–water partition coefficient (Wildman–Crippen LogP) is 1.43. The van der Waals surface area contributed by atoms with Crippen molar-refractivity contribution in [3.8, 4) is 0 Å². The number of benzene rings is 1. The molecular formula is C13H19N3OS. The van der Waals surface area contributed by atoms with Gasteiger partial charge in [-0.1, -0.05) is 18.2 Å². The van der Waals surface area contributed by atoms with Gasteiger partial charge in [0, 0.05) is 41.8 Å². The lowest BCUT2D eigenvalue weighted by molar-refractivity contribution is 0.646. The van der Waals surface area contributed by atoms with Crippen molar-refractivity contribution < 1.29 is 4.21 Å². The molecule has 0 spiro atoms. The molecule has 0 saturated carbocycles. The Morgan fingerprint density at radius 3 is 2.94 bits per heavy atom. The van der Waals surface area contributed by atoms with E-state index in [4.69, 9.17) is 0 Å².